The minimum absolute atomic E-state index is 0.663. The van der Waals surface area contributed by atoms with Gasteiger partial charge in [0.15, 0.2) is 0 Å². The van der Waals surface area contributed by atoms with E-state index in [9.17, 15) is 0 Å². The van der Waals surface area contributed by atoms with E-state index in [2.05, 4.69) is 36.0 Å². The third-order valence-electron chi connectivity index (χ3n) is 4.52. The minimum atomic E-state index is 0.663. The molecule has 0 unspecified atom stereocenters. The van der Waals surface area contributed by atoms with Crippen molar-refractivity contribution in [1.29, 1.82) is 0 Å². The van der Waals surface area contributed by atoms with E-state index in [1.54, 1.807) is 0 Å². The second kappa shape index (κ2) is 5.61. The van der Waals surface area contributed by atoms with Crippen LogP contribution in [0.4, 0.5) is 5.82 Å². The van der Waals surface area contributed by atoms with Crippen LogP contribution >= 0.6 is 11.6 Å². The molecule has 1 aromatic carbocycles. The molecule has 0 amide bonds. The largest absolute Gasteiger partial charge is 0.275 e. The zero-order valence-electron chi connectivity index (χ0n) is 12.2. The summed E-state index contributed by atoms with van der Waals surface area (Å²) in [6, 6.07) is 8.98. The number of halogens is 1. The van der Waals surface area contributed by atoms with Gasteiger partial charge in [-0.3, -0.25) is 4.90 Å². The van der Waals surface area contributed by atoms with Crippen LogP contribution in [0.1, 0.15) is 37.7 Å². The maximum atomic E-state index is 6.12. The number of nitrogens with one attached hydrogen (secondary N) is 1. The van der Waals surface area contributed by atoms with E-state index in [0.717, 1.165) is 10.5 Å². The van der Waals surface area contributed by atoms with E-state index in [1.165, 1.54) is 48.9 Å². The highest BCUT2D eigenvalue weighted by atomic mass is 35.5. The van der Waals surface area contributed by atoms with Crippen molar-refractivity contribution < 1.29 is 4.98 Å². The Bertz CT molecular complexity index is 618. The number of aromatic amines is 1. The maximum Gasteiger partial charge on any atom is 0.275 e. The highest BCUT2D eigenvalue weighted by molar-refractivity contribution is 6.31. The Balaban J connectivity index is 1.98. The summed E-state index contributed by atoms with van der Waals surface area (Å²) in [6.07, 6.45) is 6.70. The lowest BCUT2D eigenvalue weighted by Gasteiger charge is -2.26. The Kier molecular flexibility index (Phi) is 3.84. The van der Waals surface area contributed by atoms with Gasteiger partial charge in [-0.05, 0) is 50.3 Å². The molecule has 20 heavy (non-hydrogen) atoms. The molecule has 1 N–H and O–H groups in total. The molecule has 1 aromatic heterocycles. The van der Waals surface area contributed by atoms with Crippen LogP contribution < -0.4 is 9.88 Å². The van der Waals surface area contributed by atoms with Crippen molar-refractivity contribution >= 4 is 28.3 Å². The van der Waals surface area contributed by atoms with Gasteiger partial charge in [-0.25, -0.2) is 4.98 Å². The topological polar surface area (TPSA) is 17.4 Å². The van der Waals surface area contributed by atoms with Crippen LogP contribution in [-0.2, 0) is 0 Å². The van der Waals surface area contributed by atoms with E-state index in [0.29, 0.717) is 6.04 Å². The lowest BCUT2D eigenvalue weighted by Crippen LogP contribution is -2.37. The SMILES string of the molecule is Cc1cc(N(C)C2CCCCC2)[nH+]c2cc(Cl)ccc12. The first kappa shape index (κ1) is 13.7. The second-order valence-electron chi connectivity index (χ2n) is 5.93. The summed E-state index contributed by atoms with van der Waals surface area (Å²) in [5, 5.41) is 2.03. The summed E-state index contributed by atoms with van der Waals surface area (Å²) < 4.78 is 0. The van der Waals surface area contributed by atoms with Crippen LogP contribution in [0.2, 0.25) is 5.02 Å². The summed E-state index contributed by atoms with van der Waals surface area (Å²) in [4.78, 5) is 5.96. The van der Waals surface area contributed by atoms with Crippen LogP contribution in [0, 0.1) is 6.92 Å². The van der Waals surface area contributed by atoms with E-state index in [-0.39, 0.29) is 0 Å². The van der Waals surface area contributed by atoms with Gasteiger partial charge < -0.3 is 0 Å². The Morgan fingerprint density at radius 3 is 2.65 bits per heavy atom. The van der Waals surface area contributed by atoms with E-state index >= 15 is 0 Å². The maximum absolute atomic E-state index is 6.12. The van der Waals surface area contributed by atoms with Crippen molar-refractivity contribution in [3.63, 3.8) is 0 Å². The van der Waals surface area contributed by atoms with E-state index < -0.39 is 0 Å². The number of H-pyrrole nitrogens is 1. The van der Waals surface area contributed by atoms with Gasteiger partial charge in [0.2, 0.25) is 0 Å². The predicted molar refractivity (Wildman–Crippen MR) is 85.5 cm³/mol. The van der Waals surface area contributed by atoms with Gasteiger partial charge in [-0.1, -0.05) is 18.0 Å². The highest BCUT2D eigenvalue weighted by Gasteiger charge is 2.25. The summed E-state index contributed by atoms with van der Waals surface area (Å²) in [5.41, 5.74) is 2.42. The number of fused-ring (bicyclic) bond motifs is 1. The van der Waals surface area contributed by atoms with Gasteiger partial charge in [0.05, 0.1) is 13.1 Å². The molecule has 2 nitrogen and oxygen atoms in total. The van der Waals surface area contributed by atoms with Crippen LogP contribution in [0.15, 0.2) is 24.3 Å². The average molecular weight is 290 g/mol. The summed E-state index contributed by atoms with van der Waals surface area (Å²) >= 11 is 6.12. The fourth-order valence-electron chi connectivity index (χ4n) is 3.28. The number of benzene rings is 1. The molecule has 1 aliphatic rings. The number of hydrogen-bond acceptors (Lipinski definition) is 1. The standard InChI is InChI=1S/C17H21ClN2/c1-12-10-17(20(2)14-6-4-3-5-7-14)19-16-11-13(18)8-9-15(12)16/h8-11,14H,3-7H2,1-2H3/p+1. The van der Waals surface area contributed by atoms with Gasteiger partial charge in [0.25, 0.3) is 5.82 Å². The zero-order valence-corrected chi connectivity index (χ0v) is 13.0. The lowest BCUT2D eigenvalue weighted by atomic mass is 9.94. The van der Waals surface area contributed by atoms with Crippen LogP contribution in [0.5, 0.6) is 0 Å². The van der Waals surface area contributed by atoms with E-state index in [1.807, 2.05) is 12.1 Å². The number of aryl methyl sites for hydroxylation is 1. The third-order valence-corrected chi connectivity index (χ3v) is 4.76. The molecular weight excluding hydrogens is 268 g/mol. The molecule has 1 aliphatic carbocycles. The third kappa shape index (κ3) is 2.62. The Labute approximate surface area is 125 Å². The molecule has 3 rings (SSSR count). The molecule has 0 atom stereocenters. The molecule has 1 saturated carbocycles. The first-order chi connectivity index (χ1) is 9.65. The average Bonchev–Trinajstić information content (AvgIpc) is 2.46. The van der Waals surface area contributed by atoms with E-state index in [4.69, 9.17) is 11.6 Å². The van der Waals surface area contributed by atoms with Gasteiger partial charge in [0.1, 0.15) is 5.52 Å². The molecule has 0 spiro atoms. The van der Waals surface area contributed by atoms with Crippen molar-refractivity contribution in [3.8, 4) is 0 Å². The minimum Gasteiger partial charge on any atom is -0.262 e. The number of nitrogens with zero attached hydrogens (tertiary/aromatic N) is 1. The normalized spacial score (nSPS) is 16.6. The smallest absolute Gasteiger partial charge is 0.262 e. The molecule has 0 aliphatic heterocycles. The molecule has 1 fully saturated rings. The number of aromatic nitrogens is 1. The fraction of sp³-hybridized carbons (Fsp3) is 0.471. The molecule has 0 bridgehead atoms. The van der Waals surface area contributed by atoms with Crippen molar-refractivity contribution in [3.05, 3.63) is 34.9 Å². The quantitative estimate of drug-likeness (QED) is 0.802. The summed E-state index contributed by atoms with van der Waals surface area (Å²) in [5.74, 6) is 1.20. The number of rotatable bonds is 2. The molecule has 106 valence electrons. The first-order valence-electron chi connectivity index (χ1n) is 7.50. The van der Waals surface area contributed by atoms with Crippen LogP contribution in [-0.4, -0.2) is 13.1 Å². The van der Waals surface area contributed by atoms with Crippen molar-refractivity contribution in [2.45, 2.75) is 45.1 Å². The molecule has 3 heteroatoms. The fourth-order valence-corrected chi connectivity index (χ4v) is 3.45. The number of hydrogen-bond donors (Lipinski definition) is 0. The predicted octanol–water partition coefficient (Wildman–Crippen LogP) is 4.38. The molecular formula is C17H22ClN2+. The van der Waals surface area contributed by atoms with Crippen LogP contribution in [0.25, 0.3) is 10.9 Å². The van der Waals surface area contributed by atoms with Gasteiger partial charge in [0, 0.05) is 22.5 Å². The first-order valence-corrected chi connectivity index (χ1v) is 7.88. The monoisotopic (exact) mass is 289 g/mol. The summed E-state index contributed by atoms with van der Waals surface area (Å²) in [6.45, 7) is 2.17. The molecule has 0 radical (unpaired) electrons. The van der Waals surface area contributed by atoms with Gasteiger partial charge in [-0.2, -0.15) is 0 Å². The Hall–Kier alpha value is -1.28. The number of anilines is 1. The van der Waals surface area contributed by atoms with Crippen molar-refractivity contribution in [2.75, 3.05) is 11.9 Å². The van der Waals surface area contributed by atoms with Crippen LogP contribution in [0.3, 0.4) is 0 Å². The Morgan fingerprint density at radius 1 is 1.15 bits per heavy atom. The van der Waals surface area contributed by atoms with Crippen molar-refractivity contribution in [2.24, 2.45) is 0 Å². The highest BCUT2D eigenvalue weighted by Crippen LogP contribution is 2.26. The van der Waals surface area contributed by atoms with Crippen molar-refractivity contribution in [1.82, 2.24) is 0 Å². The zero-order chi connectivity index (χ0) is 14.1. The van der Waals surface area contributed by atoms with Gasteiger partial charge >= 0.3 is 0 Å². The molecule has 0 saturated heterocycles. The Morgan fingerprint density at radius 2 is 1.90 bits per heavy atom. The molecule has 1 heterocycles. The lowest BCUT2D eigenvalue weighted by molar-refractivity contribution is -0.330. The second-order valence-corrected chi connectivity index (χ2v) is 6.37. The number of pyridine rings is 1. The molecule has 2 aromatic rings. The summed E-state index contributed by atoms with van der Waals surface area (Å²) in [7, 11) is 2.21. The van der Waals surface area contributed by atoms with Gasteiger partial charge in [-0.15, -0.1) is 0 Å².